The molecule has 0 saturated heterocycles. The van der Waals surface area contributed by atoms with Crippen molar-refractivity contribution < 1.29 is 0 Å². The highest BCUT2D eigenvalue weighted by molar-refractivity contribution is 5.44. The zero-order chi connectivity index (χ0) is 8.72. The van der Waals surface area contributed by atoms with Gasteiger partial charge in [0.15, 0.2) is 0 Å². The lowest BCUT2D eigenvalue weighted by Crippen LogP contribution is -2.19. The van der Waals surface area contributed by atoms with E-state index in [1.54, 1.807) is 0 Å². The fourth-order valence-electron chi connectivity index (χ4n) is 2.09. The monoisotopic (exact) mass is 161 g/mol. The van der Waals surface area contributed by atoms with Crippen LogP contribution in [-0.2, 0) is 12.8 Å². The van der Waals surface area contributed by atoms with E-state index in [4.69, 9.17) is 5.73 Å². The van der Waals surface area contributed by atoms with E-state index in [9.17, 15) is 0 Å². The maximum atomic E-state index is 5.92. The summed E-state index contributed by atoms with van der Waals surface area (Å²) < 4.78 is 0. The maximum absolute atomic E-state index is 5.92. The van der Waals surface area contributed by atoms with Crippen molar-refractivity contribution in [3.05, 3.63) is 34.4 Å². The van der Waals surface area contributed by atoms with Crippen molar-refractivity contribution in [3.63, 3.8) is 0 Å². The summed E-state index contributed by atoms with van der Waals surface area (Å²) in [6, 6.07) is 4.76. The van der Waals surface area contributed by atoms with Crippen molar-refractivity contribution in [1.82, 2.24) is 0 Å². The SMILES string of the molecule is Cc1ccc(C)c2c1CC(N)C2. The predicted molar refractivity (Wildman–Crippen MR) is 51.3 cm³/mol. The van der Waals surface area contributed by atoms with Crippen LogP contribution in [0.3, 0.4) is 0 Å². The van der Waals surface area contributed by atoms with E-state index in [1.807, 2.05) is 0 Å². The predicted octanol–water partition coefficient (Wildman–Crippen LogP) is 1.73. The minimum absolute atomic E-state index is 0.361. The lowest BCUT2D eigenvalue weighted by molar-refractivity contribution is 0.719. The van der Waals surface area contributed by atoms with Gasteiger partial charge in [-0.25, -0.2) is 0 Å². The molecule has 1 aliphatic rings. The van der Waals surface area contributed by atoms with Crippen molar-refractivity contribution in [2.24, 2.45) is 5.73 Å². The Morgan fingerprint density at radius 3 is 1.92 bits per heavy atom. The molecule has 64 valence electrons. The first kappa shape index (κ1) is 7.81. The lowest BCUT2D eigenvalue weighted by Gasteiger charge is -2.05. The third-order valence-electron chi connectivity index (χ3n) is 2.83. The summed E-state index contributed by atoms with van der Waals surface area (Å²) in [7, 11) is 0. The fraction of sp³-hybridized carbons (Fsp3) is 0.455. The second kappa shape index (κ2) is 2.60. The average Bonchev–Trinajstić information content (AvgIpc) is 2.41. The van der Waals surface area contributed by atoms with E-state index >= 15 is 0 Å². The van der Waals surface area contributed by atoms with E-state index in [0.717, 1.165) is 12.8 Å². The molecule has 0 amide bonds. The first-order valence-corrected chi connectivity index (χ1v) is 4.52. The van der Waals surface area contributed by atoms with Gasteiger partial charge in [0.25, 0.3) is 0 Å². The van der Waals surface area contributed by atoms with Crippen LogP contribution in [0.2, 0.25) is 0 Å². The molecule has 0 atom stereocenters. The third-order valence-corrected chi connectivity index (χ3v) is 2.83. The number of aryl methyl sites for hydroxylation is 2. The highest BCUT2D eigenvalue weighted by Gasteiger charge is 2.20. The number of fused-ring (bicyclic) bond motifs is 1. The van der Waals surface area contributed by atoms with Gasteiger partial charge < -0.3 is 5.73 Å². The lowest BCUT2D eigenvalue weighted by atomic mass is 10.0. The van der Waals surface area contributed by atoms with Gasteiger partial charge in [-0.05, 0) is 48.9 Å². The molecule has 1 aliphatic carbocycles. The van der Waals surface area contributed by atoms with Gasteiger partial charge in [-0.3, -0.25) is 0 Å². The Kier molecular flexibility index (Phi) is 1.69. The minimum atomic E-state index is 0.361. The first-order valence-electron chi connectivity index (χ1n) is 4.52. The zero-order valence-electron chi connectivity index (χ0n) is 7.72. The Morgan fingerprint density at radius 2 is 1.50 bits per heavy atom. The number of hydrogen-bond donors (Lipinski definition) is 1. The third kappa shape index (κ3) is 1.05. The van der Waals surface area contributed by atoms with Crippen molar-refractivity contribution in [1.29, 1.82) is 0 Å². The summed E-state index contributed by atoms with van der Waals surface area (Å²) in [5, 5.41) is 0. The molecule has 1 aromatic rings. The molecule has 2 N–H and O–H groups in total. The van der Waals surface area contributed by atoms with Crippen molar-refractivity contribution in [3.8, 4) is 0 Å². The van der Waals surface area contributed by atoms with Gasteiger partial charge in [-0.15, -0.1) is 0 Å². The van der Waals surface area contributed by atoms with E-state index in [1.165, 1.54) is 22.3 Å². The largest absolute Gasteiger partial charge is 0.327 e. The smallest absolute Gasteiger partial charge is 0.0120 e. The summed E-state index contributed by atoms with van der Waals surface area (Å²) in [5.74, 6) is 0. The Labute approximate surface area is 73.6 Å². The molecule has 0 bridgehead atoms. The normalized spacial score (nSPS) is 16.6. The molecule has 0 spiro atoms. The van der Waals surface area contributed by atoms with E-state index in [0.29, 0.717) is 6.04 Å². The van der Waals surface area contributed by atoms with Gasteiger partial charge in [0.05, 0.1) is 0 Å². The Morgan fingerprint density at radius 1 is 1.08 bits per heavy atom. The first-order chi connectivity index (χ1) is 5.68. The number of hydrogen-bond acceptors (Lipinski definition) is 1. The molecule has 1 nitrogen and oxygen atoms in total. The van der Waals surface area contributed by atoms with Crippen LogP contribution in [0, 0.1) is 13.8 Å². The van der Waals surface area contributed by atoms with Crippen LogP contribution in [0.4, 0.5) is 0 Å². The van der Waals surface area contributed by atoms with Crippen LogP contribution < -0.4 is 5.73 Å². The Hall–Kier alpha value is -0.820. The molecular formula is C11H15N. The highest BCUT2D eigenvalue weighted by Crippen LogP contribution is 2.27. The number of rotatable bonds is 0. The summed E-state index contributed by atoms with van der Waals surface area (Å²) in [6.07, 6.45) is 2.14. The number of benzene rings is 1. The van der Waals surface area contributed by atoms with Gasteiger partial charge in [0.1, 0.15) is 0 Å². The van der Waals surface area contributed by atoms with Gasteiger partial charge in [-0.2, -0.15) is 0 Å². The summed E-state index contributed by atoms with van der Waals surface area (Å²) in [5.41, 5.74) is 11.7. The van der Waals surface area contributed by atoms with Crippen LogP contribution in [0.25, 0.3) is 0 Å². The van der Waals surface area contributed by atoms with Crippen LogP contribution in [0.15, 0.2) is 12.1 Å². The molecule has 0 aliphatic heterocycles. The Balaban J connectivity index is 2.56. The molecule has 0 fully saturated rings. The van der Waals surface area contributed by atoms with Crippen LogP contribution >= 0.6 is 0 Å². The zero-order valence-corrected chi connectivity index (χ0v) is 7.72. The molecular weight excluding hydrogens is 146 g/mol. The molecule has 0 aromatic heterocycles. The van der Waals surface area contributed by atoms with Crippen LogP contribution in [0.1, 0.15) is 22.3 Å². The second-order valence-electron chi connectivity index (χ2n) is 3.82. The maximum Gasteiger partial charge on any atom is 0.0120 e. The fourth-order valence-corrected chi connectivity index (χ4v) is 2.09. The molecule has 2 rings (SSSR count). The molecule has 1 aromatic carbocycles. The van der Waals surface area contributed by atoms with Gasteiger partial charge in [0, 0.05) is 6.04 Å². The van der Waals surface area contributed by atoms with E-state index in [2.05, 4.69) is 26.0 Å². The van der Waals surface area contributed by atoms with Gasteiger partial charge >= 0.3 is 0 Å². The topological polar surface area (TPSA) is 26.0 Å². The molecule has 0 heterocycles. The molecule has 12 heavy (non-hydrogen) atoms. The average molecular weight is 161 g/mol. The van der Waals surface area contributed by atoms with Gasteiger partial charge in [-0.1, -0.05) is 12.1 Å². The van der Waals surface area contributed by atoms with Crippen LogP contribution in [-0.4, -0.2) is 6.04 Å². The van der Waals surface area contributed by atoms with Crippen LogP contribution in [0.5, 0.6) is 0 Å². The standard InChI is InChI=1S/C11H15N/c1-7-3-4-8(2)11-6-9(12)5-10(7)11/h3-4,9H,5-6,12H2,1-2H3. The molecule has 0 radical (unpaired) electrons. The van der Waals surface area contributed by atoms with Gasteiger partial charge in [0.2, 0.25) is 0 Å². The van der Waals surface area contributed by atoms with E-state index < -0.39 is 0 Å². The second-order valence-corrected chi connectivity index (χ2v) is 3.82. The number of nitrogens with two attached hydrogens (primary N) is 1. The quantitative estimate of drug-likeness (QED) is 0.616. The van der Waals surface area contributed by atoms with Crippen molar-refractivity contribution >= 4 is 0 Å². The van der Waals surface area contributed by atoms with E-state index in [-0.39, 0.29) is 0 Å². The Bertz CT molecular complexity index is 284. The molecule has 1 heteroatoms. The van der Waals surface area contributed by atoms with Crippen molar-refractivity contribution in [2.45, 2.75) is 32.7 Å². The summed E-state index contributed by atoms with van der Waals surface area (Å²) >= 11 is 0. The highest BCUT2D eigenvalue weighted by atomic mass is 14.6. The van der Waals surface area contributed by atoms with Crippen molar-refractivity contribution in [2.75, 3.05) is 0 Å². The molecule has 0 unspecified atom stereocenters. The summed E-state index contributed by atoms with van der Waals surface area (Å²) in [6.45, 7) is 4.35. The minimum Gasteiger partial charge on any atom is -0.327 e. The summed E-state index contributed by atoms with van der Waals surface area (Å²) in [4.78, 5) is 0. The molecule has 0 saturated carbocycles.